The average Bonchev–Trinajstić information content (AvgIpc) is 3.35. The summed E-state index contributed by atoms with van der Waals surface area (Å²) in [6, 6.07) is 1.95. The molecule has 0 aromatic carbocycles. The first-order valence-corrected chi connectivity index (χ1v) is 9.87. The predicted octanol–water partition coefficient (Wildman–Crippen LogP) is 0.261. The van der Waals surface area contributed by atoms with Crippen LogP contribution in [0.3, 0.4) is 0 Å². The first-order chi connectivity index (χ1) is 13.8. The van der Waals surface area contributed by atoms with Crippen LogP contribution in [0.15, 0.2) is 22.1 Å². The van der Waals surface area contributed by atoms with Crippen molar-refractivity contribution in [2.24, 2.45) is 16.3 Å². The predicted molar refractivity (Wildman–Crippen MR) is 107 cm³/mol. The summed E-state index contributed by atoms with van der Waals surface area (Å²) in [5.74, 6) is 0.559. The second-order valence-electron chi connectivity index (χ2n) is 8.55. The van der Waals surface area contributed by atoms with Crippen LogP contribution in [0.4, 0.5) is 0 Å². The Morgan fingerprint density at radius 3 is 2.83 bits per heavy atom. The van der Waals surface area contributed by atoms with Gasteiger partial charge in [-0.15, -0.1) is 0 Å². The first kappa shape index (κ1) is 19.4. The van der Waals surface area contributed by atoms with Crippen LogP contribution in [-0.4, -0.2) is 47.9 Å². The fraction of sp³-hybridized carbons (Fsp3) is 0.500. The topological polar surface area (TPSA) is 132 Å². The number of imidazole rings is 1. The van der Waals surface area contributed by atoms with E-state index in [0.29, 0.717) is 22.9 Å². The van der Waals surface area contributed by atoms with Crippen molar-refractivity contribution in [2.45, 2.75) is 39.5 Å². The van der Waals surface area contributed by atoms with E-state index in [1.54, 1.807) is 16.8 Å². The fourth-order valence-electron chi connectivity index (χ4n) is 3.14. The molecule has 1 aliphatic carbocycles. The number of rotatable bonds is 7. The molecule has 0 atom stereocenters. The minimum Gasteiger partial charge on any atom is -0.493 e. The molecule has 0 unspecified atom stereocenters. The summed E-state index contributed by atoms with van der Waals surface area (Å²) < 4.78 is 1.80. The van der Waals surface area contributed by atoms with E-state index in [4.69, 9.17) is 0 Å². The van der Waals surface area contributed by atoms with E-state index in [1.807, 2.05) is 19.9 Å². The molecule has 3 aromatic heterocycles. The molecule has 9 nitrogen and oxygen atoms in total. The molecule has 1 fully saturated rings. The normalized spacial score (nSPS) is 16.2. The highest BCUT2D eigenvalue weighted by Crippen LogP contribution is 2.33. The molecule has 0 amide bonds. The minimum atomic E-state index is -0.481. The van der Waals surface area contributed by atoms with Gasteiger partial charge in [0.2, 0.25) is 5.88 Å². The van der Waals surface area contributed by atoms with Crippen LogP contribution in [0.2, 0.25) is 0 Å². The minimum absolute atomic E-state index is 0.0408. The summed E-state index contributed by atoms with van der Waals surface area (Å²) in [6.07, 6.45) is 7.85. The third kappa shape index (κ3) is 4.40. The maximum absolute atomic E-state index is 11.4. The van der Waals surface area contributed by atoms with Crippen molar-refractivity contribution in [1.29, 1.82) is 0 Å². The van der Waals surface area contributed by atoms with Gasteiger partial charge in [0.05, 0.1) is 6.20 Å². The van der Waals surface area contributed by atoms with Gasteiger partial charge in [0.25, 0.3) is 0 Å². The van der Waals surface area contributed by atoms with Crippen LogP contribution < -0.4 is 16.4 Å². The van der Waals surface area contributed by atoms with Crippen LogP contribution >= 0.6 is 0 Å². The third-order valence-electron chi connectivity index (χ3n) is 5.20. The lowest BCUT2D eigenvalue weighted by Crippen LogP contribution is -2.24. The molecule has 0 saturated heterocycles. The number of aliphatic hydroxyl groups is 1. The van der Waals surface area contributed by atoms with E-state index in [1.165, 1.54) is 12.8 Å². The zero-order chi connectivity index (χ0) is 20.6. The molecule has 0 aliphatic heterocycles. The standard InChI is InChI=1S/C20H26N6O3/c1-20(2,11-27)10-21-16-8-14(6-5-12-3-4-12)26-17(24-16)13(9-22-26)7-15-18(28)25-19(29)23-15/h7-9,12,27-28H,3-6,10-11H2,1-2H3,(H2,23,25,29). The second-order valence-corrected chi connectivity index (χ2v) is 8.55. The van der Waals surface area contributed by atoms with Gasteiger partial charge in [0.1, 0.15) is 5.69 Å². The zero-order valence-corrected chi connectivity index (χ0v) is 16.6. The number of aromatic nitrogens is 5. The number of fused-ring (bicyclic) bond motifs is 1. The molecule has 4 rings (SSSR count). The Balaban J connectivity index is 1.82. The largest absolute Gasteiger partial charge is 0.493 e. The number of aromatic amines is 2. The molecule has 154 valence electrons. The quantitative estimate of drug-likeness (QED) is 0.453. The van der Waals surface area contributed by atoms with Gasteiger partial charge in [-0.25, -0.2) is 14.3 Å². The Hall–Kier alpha value is -2.94. The lowest BCUT2D eigenvalue weighted by molar-refractivity contribution is 0.166. The van der Waals surface area contributed by atoms with Gasteiger partial charge in [-0.05, 0) is 24.8 Å². The highest BCUT2D eigenvalue weighted by molar-refractivity contribution is 5.56. The molecular weight excluding hydrogens is 372 g/mol. The molecule has 0 bridgehead atoms. The van der Waals surface area contributed by atoms with Crippen molar-refractivity contribution >= 4 is 11.7 Å². The van der Waals surface area contributed by atoms with Gasteiger partial charge >= 0.3 is 5.69 Å². The van der Waals surface area contributed by atoms with Crippen molar-refractivity contribution in [3.05, 3.63) is 44.8 Å². The van der Waals surface area contributed by atoms with Crippen molar-refractivity contribution in [2.75, 3.05) is 13.2 Å². The van der Waals surface area contributed by atoms with Crippen molar-refractivity contribution in [3.63, 3.8) is 0 Å². The molecule has 1 saturated carbocycles. The van der Waals surface area contributed by atoms with Gasteiger partial charge in [-0.3, -0.25) is 9.98 Å². The lowest BCUT2D eigenvalue weighted by atomic mass is 9.95. The van der Waals surface area contributed by atoms with Crippen LogP contribution in [0.1, 0.15) is 44.5 Å². The fourth-order valence-corrected chi connectivity index (χ4v) is 3.14. The van der Waals surface area contributed by atoms with Gasteiger partial charge in [-0.2, -0.15) is 5.10 Å². The number of aromatic hydroxyl groups is 1. The lowest BCUT2D eigenvalue weighted by Gasteiger charge is -2.17. The molecule has 0 radical (unpaired) electrons. The highest BCUT2D eigenvalue weighted by atomic mass is 16.3. The van der Waals surface area contributed by atoms with E-state index in [9.17, 15) is 15.0 Å². The number of hydrogen-bond donors (Lipinski definition) is 4. The Morgan fingerprint density at radius 2 is 2.17 bits per heavy atom. The highest BCUT2D eigenvalue weighted by Gasteiger charge is 2.21. The second kappa shape index (κ2) is 7.47. The maximum atomic E-state index is 11.4. The van der Waals surface area contributed by atoms with Crippen LogP contribution in [0.5, 0.6) is 5.88 Å². The van der Waals surface area contributed by atoms with Gasteiger partial charge in [0, 0.05) is 35.5 Å². The van der Waals surface area contributed by atoms with E-state index >= 15 is 0 Å². The first-order valence-electron chi connectivity index (χ1n) is 9.87. The smallest absolute Gasteiger partial charge is 0.326 e. The van der Waals surface area contributed by atoms with Crippen LogP contribution in [-0.2, 0) is 6.42 Å². The maximum Gasteiger partial charge on any atom is 0.326 e. The summed E-state index contributed by atoms with van der Waals surface area (Å²) in [7, 11) is 0. The van der Waals surface area contributed by atoms with Crippen LogP contribution in [0.25, 0.3) is 11.7 Å². The molecular formula is C20H26N6O3. The molecule has 29 heavy (non-hydrogen) atoms. The summed E-state index contributed by atoms with van der Waals surface area (Å²) in [5, 5.41) is 24.5. The Kier molecular flexibility index (Phi) is 4.99. The Bertz CT molecular complexity index is 1200. The molecule has 4 N–H and O–H groups in total. The van der Waals surface area contributed by atoms with Crippen molar-refractivity contribution in [3.8, 4) is 5.88 Å². The van der Waals surface area contributed by atoms with Gasteiger partial charge in [0.15, 0.2) is 11.1 Å². The van der Waals surface area contributed by atoms with Gasteiger partial charge < -0.3 is 15.2 Å². The summed E-state index contributed by atoms with van der Waals surface area (Å²) in [4.78, 5) is 25.5. The number of aliphatic hydroxyl groups excluding tert-OH is 1. The number of aryl methyl sites for hydroxylation is 1. The summed E-state index contributed by atoms with van der Waals surface area (Å²) in [5.41, 5.74) is 1.69. The number of hydrogen-bond acceptors (Lipinski definition) is 6. The van der Waals surface area contributed by atoms with Crippen molar-refractivity contribution < 1.29 is 10.2 Å². The molecule has 1 aliphatic rings. The Morgan fingerprint density at radius 1 is 1.38 bits per heavy atom. The van der Waals surface area contributed by atoms with Crippen molar-refractivity contribution in [1.82, 2.24) is 24.6 Å². The zero-order valence-electron chi connectivity index (χ0n) is 16.6. The molecule has 0 spiro atoms. The van der Waals surface area contributed by atoms with Gasteiger partial charge in [-0.1, -0.05) is 26.7 Å². The Labute approximate surface area is 166 Å². The third-order valence-corrected chi connectivity index (χ3v) is 5.20. The SMILES string of the molecule is CC(C)(CO)CN=c1cc(CCC2CC2)n2ncc(=Cc3[nH]c(=O)[nH]c3O)c2n1. The van der Waals surface area contributed by atoms with Crippen LogP contribution in [0, 0.1) is 11.3 Å². The summed E-state index contributed by atoms with van der Waals surface area (Å²) in [6.45, 7) is 4.39. The molecule has 3 heterocycles. The summed E-state index contributed by atoms with van der Waals surface area (Å²) >= 11 is 0. The van der Waals surface area contributed by atoms with E-state index in [0.717, 1.165) is 24.5 Å². The number of nitrogens with one attached hydrogen (secondary N) is 2. The average molecular weight is 398 g/mol. The number of H-pyrrole nitrogens is 2. The molecule has 3 aromatic rings. The molecule has 9 heteroatoms. The number of nitrogens with zero attached hydrogens (tertiary/aromatic N) is 4. The van der Waals surface area contributed by atoms with E-state index < -0.39 is 5.69 Å². The monoisotopic (exact) mass is 398 g/mol. The van der Waals surface area contributed by atoms with E-state index in [2.05, 4.69) is 25.0 Å². The van der Waals surface area contributed by atoms with E-state index in [-0.39, 0.29) is 23.6 Å².